The predicted octanol–water partition coefficient (Wildman–Crippen LogP) is 4.32. The lowest BCUT2D eigenvalue weighted by Crippen LogP contribution is -2.40. The largest absolute Gasteiger partial charge is 0.298 e. The van der Waals surface area contributed by atoms with E-state index in [2.05, 4.69) is 18.0 Å². The van der Waals surface area contributed by atoms with E-state index in [-0.39, 0.29) is 0 Å². The summed E-state index contributed by atoms with van der Waals surface area (Å²) >= 11 is 12.4. The van der Waals surface area contributed by atoms with Gasteiger partial charge in [-0.15, -0.1) is 11.6 Å². The van der Waals surface area contributed by atoms with Crippen LogP contribution >= 0.6 is 23.2 Å². The molecule has 0 spiro atoms. The fraction of sp³-hybridized carbons (Fsp3) is 0.571. The van der Waals surface area contributed by atoms with Crippen LogP contribution in [0.15, 0.2) is 24.3 Å². The van der Waals surface area contributed by atoms with Crippen molar-refractivity contribution in [3.05, 3.63) is 34.9 Å². The summed E-state index contributed by atoms with van der Waals surface area (Å²) < 4.78 is 0. The number of halogens is 2. The van der Waals surface area contributed by atoms with Crippen LogP contribution in [-0.4, -0.2) is 23.4 Å². The SMILES string of the molecule is CN(Cc1cccc(Cl)c1)C1CCCCC1Cl. The highest BCUT2D eigenvalue weighted by molar-refractivity contribution is 6.30. The van der Waals surface area contributed by atoms with Crippen molar-refractivity contribution in [2.75, 3.05) is 7.05 Å². The van der Waals surface area contributed by atoms with Gasteiger partial charge in [0.15, 0.2) is 0 Å². The van der Waals surface area contributed by atoms with Gasteiger partial charge in [-0.3, -0.25) is 4.90 Å². The van der Waals surface area contributed by atoms with Crippen LogP contribution in [0.2, 0.25) is 5.02 Å². The van der Waals surface area contributed by atoms with E-state index in [0.29, 0.717) is 11.4 Å². The van der Waals surface area contributed by atoms with Gasteiger partial charge >= 0.3 is 0 Å². The Balaban J connectivity index is 1.98. The first-order valence-corrected chi connectivity index (χ1v) is 7.07. The van der Waals surface area contributed by atoms with Gasteiger partial charge in [-0.25, -0.2) is 0 Å². The molecular formula is C14H19Cl2N. The molecule has 1 aromatic rings. The Kier molecular flexibility index (Phi) is 4.72. The van der Waals surface area contributed by atoms with Gasteiger partial charge < -0.3 is 0 Å². The molecule has 0 heterocycles. The highest BCUT2D eigenvalue weighted by Crippen LogP contribution is 2.27. The van der Waals surface area contributed by atoms with Gasteiger partial charge in [0.1, 0.15) is 0 Å². The van der Waals surface area contributed by atoms with Gasteiger partial charge in [0.25, 0.3) is 0 Å². The van der Waals surface area contributed by atoms with Crippen LogP contribution in [0.4, 0.5) is 0 Å². The molecule has 1 aliphatic carbocycles. The standard InChI is InChI=1S/C14H19Cl2N/c1-17(14-8-3-2-7-13(14)16)10-11-5-4-6-12(15)9-11/h4-6,9,13-14H,2-3,7-8,10H2,1H3. The predicted molar refractivity (Wildman–Crippen MR) is 74.8 cm³/mol. The zero-order chi connectivity index (χ0) is 12.3. The number of rotatable bonds is 3. The first-order valence-electron chi connectivity index (χ1n) is 6.25. The first kappa shape index (κ1) is 13.2. The van der Waals surface area contributed by atoms with E-state index in [1.165, 1.54) is 24.8 Å². The zero-order valence-corrected chi connectivity index (χ0v) is 11.7. The molecule has 2 unspecified atom stereocenters. The third-order valence-electron chi connectivity index (χ3n) is 3.53. The van der Waals surface area contributed by atoms with Crippen molar-refractivity contribution in [3.63, 3.8) is 0 Å². The minimum atomic E-state index is 0.299. The second-order valence-electron chi connectivity index (χ2n) is 4.91. The van der Waals surface area contributed by atoms with Crippen molar-refractivity contribution in [3.8, 4) is 0 Å². The third-order valence-corrected chi connectivity index (χ3v) is 4.28. The summed E-state index contributed by atoms with van der Waals surface area (Å²) in [7, 11) is 2.16. The molecule has 94 valence electrons. The van der Waals surface area contributed by atoms with Gasteiger partial charge in [-0.1, -0.05) is 36.6 Å². The molecule has 3 heteroatoms. The highest BCUT2D eigenvalue weighted by atomic mass is 35.5. The number of benzene rings is 1. The molecule has 0 amide bonds. The number of hydrogen-bond acceptors (Lipinski definition) is 1. The van der Waals surface area contributed by atoms with Crippen molar-refractivity contribution in [2.24, 2.45) is 0 Å². The molecule has 17 heavy (non-hydrogen) atoms. The molecular weight excluding hydrogens is 253 g/mol. The zero-order valence-electron chi connectivity index (χ0n) is 10.2. The molecule has 1 nitrogen and oxygen atoms in total. The van der Waals surface area contributed by atoms with Gasteiger partial charge in [-0.05, 0) is 37.6 Å². The molecule has 2 rings (SSSR count). The first-order chi connectivity index (χ1) is 8.16. The lowest BCUT2D eigenvalue weighted by atomic mass is 9.93. The molecule has 0 radical (unpaired) electrons. The smallest absolute Gasteiger partial charge is 0.0491 e. The number of alkyl halides is 1. The Bertz CT molecular complexity index is 367. The lowest BCUT2D eigenvalue weighted by Gasteiger charge is -2.35. The van der Waals surface area contributed by atoms with Gasteiger partial charge in [0.2, 0.25) is 0 Å². The average Bonchev–Trinajstić information content (AvgIpc) is 2.29. The molecule has 0 aliphatic heterocycles. The summed E-state index contributed by atoms with van der Waals surface area (Å²) in [6.07, 6.45) is 4.93. The maximum Gasteiger partial charge on any atom is 0.0491 e. The van der Waals surface area contributed by atoms with Gasteiger partial charge in [0, 0.05) is 23.0 Å². The van der Waals surface area contributed by atoms with E-state index in [1.54, 1.807) is 0 Å². The van der Waals surface area contributed by atoms with Crippen molar-refractivity contribution >= 4 is 23.2 Å². The van der Waals surface area contributed by atoms with Crippen LogP contribution < -0.4 is 0 Å². The fourth-order valence-electron chi connectivity index (χ4n) is 2.60. The van der Waals surface area contributed by atoms with E-state index < -0.39 is 0 Å². The Hall–Kier alpha value is -0.240. The molecule has 0 aromatic heterocycles. The van der Waals surface area contributed by atoms with Crippen molar-refractivity contribution in [1.82, 2.24) is 4.90 Å². The number of hydrogen-bond donors (Lipinski definition) is 0. The summed E-state index contributed by atoms with van der Waals surface area (Å²) in [4.78, 5) is 2.36. The van der Waals surface area contributed by atoms with Gasteiger partial charge in [-0.2, -0.15) is 0 Å². The summed E-state index contributed by atoms with van der Waals surface area (Å²) in [6, 6.07) is 8.57. The van der Waals surface area contributed by atoms with E-state index >= 15 is 0 Å². The van der Waals surface area contributed by atoms with Crippen LogP contribution in [0.3, 0.4) is 0 Å². The summed E-state index contributed by atoms with van der Waals surface area (Å²) in [6.45, 7) is 0.925. The van der Waals surface area contributed by atoms with Crippen molar-refractivity contribution in [2.45, 2.75) is 43.6 Å². The third kappa shape index (κ3) is 3.61. The van der Waals surface area contributed by atoms with E-state index in [4.69, 9.17) is 23.2 Å². The second kappa shape index (κ2) is 6.08. The Morgan fingerprint density at radius 3 is 2.76 bits per heavy atom. The van der Waals surface area contributed by atoms with Crippen LogP contribution in [0.5, 0.6) is 0 Å². The highest BCUT2D eigenvalue weighted by Gasteiger charge is 2.26. The molecule has 1 aromatic carbocycles. The molecule has 1 saturated carbocycles. The molecule has 0 N–H and O–H groups in total. The summed E-state index contributed by atoms with van der Waals surface area (Å²) in [5.41, 5.74) is 1.26. The monoisotopic (exact) mass is 271 g/mol. The van der Waals surface area contributed by atoms with Gasteiger partial charge in [0.05, 0.1) is 0 Å². The fourth-order valence-corrected chi connectivity index (χ4v) is 3.29. The maximum absolute atomic E-state index is 6.41. The Morgan fingerprint density at radius 1 is 1.29 bits per heavy atom. The molecule has 2 atom stereocenters. The van der Waals surface area contributed by atoms with E-state index in [0.717, 1.165) is 18.0 Å². The molecule has 0 bridgehead atoms. The topological polar surface area (TPSA) is 3.24 Å². The van der Waals surface area contributed by atoms with Crippen LogP contribution in [0.25, 0.3) is 0 Å². The normalized spacial score (nSPS) is 25.2. The van der Waals surface area contributed by atoms with Crippen LogP contribution in [0, 0.1) is 0 Å². The Morgan fingerprint density at radius 2 is 2.06 bits per heavy atom. The Labute approximate surface area is 114 Å². The quantitative estimate of drug-likeness (QED) is 0.740. The van der Waals surface area contributed by atoms with Crippen molar-refractivity contribution in [1.29, 1.82) is 0 Å². The van der Waals surface area contributed by atoms with Crippen LogP contribution in [0.1, 0.15) is 31.2 Å². The van der Waals surface area contributed by atoms with Crippen LogP contribution in [-0.2, 0) is 6.54 Å². The molecule has 1 fully saturated rings. The lowest BCUT2D eigenvalue weighted by molar-refractivity contribution is 0.188. The van der Waals surface area contributed by atoms with Crippen molar-refractivity contribution < 1.29 is 0 Å². The molecule has 1 aliphatic rings. The van der Waals surface area contributed by atoms with E-state index in [1.807, 2.05) is 18.2 Å². The second-order valence-corrected chi connectivity index (χ2v) is 5.91. The molecule has 0 saturated heterocycles. The summed E-state index contributed by atoms with van der Waals surface area (Å²) in [5, 5.41) is 1.11. The summed E-state index contributed by atoms with van der Waals surface area (Å²) in [5.74, 6) is 0. The minimum absolute atomic E-state index is 0.299. The average molecular weight is 272 g/mol. The minimum Gasteiger partial charge on any atom is -0.298 e. The maximum atomic E-state index is 6.41. The van der Waals surface area contributed by atoms with E-state index in [9.17, 15) is 0 Å². The number of nitrogens with zero attached hydrogens (tertiary/aromatic N) is 1.